The van der Waals surface area contributed by atoms with Crippen LogP contribution in [0.2, 0.25) is 0 Å². The zero-order valence-corrected chi connectivity index (χ0v) is 34.1. The molecule has 0 fully saturated rings. The Balaban J connectivity index is -0.00000138. The molecule has 0 heterocycles. The van der Waals surface area contributed by atoms with E-state index in [1.165, 1.54) is 0 Å². The van der Waals surface area contributed by atoms with E-state index in [2.05, 4.69) is 0 Å². The van der Waals surface area contributed by atoms with Crippen molar-refractivity contribution >= 4 is 0 Å². The summed E-state index contributed by atoms with van der Waals surface area (Å²) in [6, 6.07) is 0. The van der Waals surface area contributed by atoms with Gasteiger partial charge in [0.15, 0.2) is 12.5 Å². The normalized spacial score (nSPS) is 16.1. The van der Waals surface area contributed by atoms with Gasteiger partial charge in [-0.25, -0.2) is 35.1 Å². The summed E-state index contributed by atoms with van der Waals surface area (Å²) in [5.74, 6) is -16.6. The summed E-state index contributed by atoms with van der Waals surface area (Å²) in [7, 11) is 0. The van der Waals surface area contributed by atoms with Gasteiger partial charge in [0.1, 0.15) is 0 Å². The van der Waals surface area contributed by atoms with Crippen LogP contribution in [-0.4, -0.2) is 127 Å². The quantitative estimate of drug-likeness (QED) is 0.168. The molecule has 0 unspecified atom stereocenters. The van der Waals surface area contributed by atoms with Crippen molar-refractivity contribution in [2.24, 2.45) is 0 Å². The highest BCUT2D eigenvalue weighted by Gasteiger charge is 2.89. The summed E-state index contributed by atoms with van der Waals surface area (Å²) in [6.07, 6.45) is -119. The van der Waals surface area contributed by atoms with E-state index in [1.807, 2.05) is 0 Å². The molecular weight excluding hydrogens is 1320 g/mol. The van der Waals surface area contributed by atoms with Crippen molar-refractivity contribution in [3.8, 4) is 0 Å². The van der Waals surface area contributed by atoms with E-state index < -0.39 is 168 Å². The molecule has 0 aliphatic carbocycles. The van der Waals surface area contributed by atoms with Gasteiger partial charge in [-0.3, -0.25) is 0 Å². The van der Waals surface area contributed by atoms with Gasteiger partial charge < -0.3 is 0 Å². The lowest BCUT2D eigenvalue weighted by molar-refractivity contribution is -0.366. The summed E-state index contributed by atoms with van der Waals surface area (Å²) in [4.78, 5) is 0. The molecule has 0 aromatic carbocycles. The average Bonchev–Trinajstić information content (AvgIpc) is 3.12. The molecule has 0 aromatic heterocycles. The Kier molecular flexibility index (Phi) is 21.9. The van der Waals surface area contributed by atoms with Gasteiger partial charge in [-0.1, -0.05) is 0 Å². The topological polar surface area (TPSA) is 0 Å². The molecule has 480 valence electrons. The fourth-order valence-corrected chi connectivity index (χ4v) is 4.61. The molecule has 0 bridgehead atoms. The van der Waals surface area contributed by atoms with Gasteiger partial charge >= 0.3 is 121 Å². The molecule has 0 aliphatic rings. The van der Waals surface area contributed by atoms with Crippen LogP contribution in [0.1, 0.15) is 6.42 Å². The summed E-state index contributed by atoms with van der Waals surface area (Å²) in [6.45, 7) is -2.70. The number of hydrogen-bond donors (Lipinski definition) is 0. The maximum atomic E-state index is 14.5. The van der Waals surface area contributed by atoms with E-state index in [0.717, 1.165) is 0 Å². The van der Waals surface area contributed by atoms with E-state index in [1.54, 1.807) is 0 Å². The van der Waals surface area contributed by atoms with Crippen molar-refractivity contribution in [2.75, 3.05) is 6.67 Å². The molecule has 0 amide bonds. The first kappa shape index (κ1) is 79.8. The monoisotopic (exact) mass is 1330 g/mol. The van der Waals surface area contributed by atoms with E-state index in [4.69, 9.17) is 0 Å². The Morgan fingerprint density at radius 1 is 0.200 bits per heavy atom. The molecular formula is C28H4F52. The lowest BCUT2D eigenvalue weighted by Crippen LogP contribution is -2.66. The van der Waals surface area contributed by atoms with Crippen molar-refractivity contribution in [2.45, 2.75) is 127 Å². The van der Waals surface area contributed by atoms with Gasteiger partial charge in [0.2, 0.25) is 5.83 Å². The molecule has 0 spiro atoms. The Bertz CT molecular complexity index is 2010. The summed E-state index contributed by atoms with van der Waals surface area (Å²) < 4.78 is 659. The van der Waals surface area contributed by atoms with Crippen LogP contribution >= 0.6 is 0 Å². The molecule has 80 heavy (non-hydrogen) atoms. The summed E-state index contributed by atoms with van der Waals surface area (Å²) in [5, 5.41) is 0. The third-order valence-corrected chi connectivity index (χ3v) is 8.24. The summed E-state index contributed by atoms with van der Waals surface area (Å²) in [5.41, 5.74) is -67.1. The Morgan fingerprint density at radius 3 is 0.512 bits per heavy atom. The Hall–Kier alpha value is -4.42. The van der Waals surface area contributed by atoms with Crippen LogP contribution in [-0.2, 0) is 0 Å². The number of allylic oxidation sites excluding steroid dienone is 6. The van der Waals surface area contributed by atoms with Gasteiger partial charge in [0, 0.05) is 17.6 Å². The zero-order chi connectivity index (χ0) is 66.9. The van der Waals surface area contributed by atoms with Crippen molar-refractivity contribution in [1.29, 1.82) is 0 Å². The standard InChI is InChI=1S/C16H2F28.C9F18.C3H2F6/c17-5(8(20,15(39,40)41)16(42,43)44)3(10(24,25)26)1-2(9(21,22)23)4(6(18,11(27,28)29)12(30,31)32)7(19,13(33,34)35)14(36,37)38;10-2(5(13,14)15)1(3(11,6(16,17)18)7(19,20)21)4(12,8(22,23)24)9(25,26)27;4-1-2(5,6)3(7,8)9/h1H2;;1H2/b5-3+;;. The second-order valence-electron chi connectivity index (χ2n) is 13.6. The second kappa shape index (κ2) is 22.0. The van der Waals surface area contributed by atoms with Crippen molar-refractivity contribution in [3.63, 3.8) is 0 Å². The van der Waals surface area contributed by atoms with Crippen LogP contribution in [0, 0.1) is 0 Å². The average molecular weight is 1330 g/mol. The third-order valence-electron chi connectivity index (χ3n) is 8.24. The maximum absolute atomic E-state index is 14.5. The van der Waals surface area contributed by atoms with Crippen molar-refractivity contribution in [1.82, 2.24) is 0 Å². The molecule has 0 radical (unpaired) electrons. The van der Waals surface area contributed by atoms with E-state index in [9.17, 15) is 228 Å². The van der Waals surface area contributed by atoms with E-state index in [-0.39, 0.29) is 0 Å². The highest BCUT2D eigenvalue weighted by atomic mass is 19.5. The van der Waals surface area contributed by atoms with Crippen LogP contribution in [0.4, 0.5) is 228 Å². The first-order chi connectivity index (χ1) is 33.6. The highest BCUT2D eigenvalue weighted by Crippen LogP contribution is 2.66. The van der Waals surface area contributed by atoms with Crippen LogP contribution in [0.3, 0.4) is 0 Å². The van der Waals surface area contributed by atoms with Crippen LogP contribution < -0.4 is 0 Å². The zero-order valence-electron chi connectivity index (χ0n) is 34.1. The number of halogens is 52. The molecule has 0 rings (SSSR count). The lowest BCUT2D eigenvalue weighted by atomic mass is 9.75. The molecule has 0 N–H and O–H groups in total. The maximum Gasteiger partial charge on any atom is 0.456 e. The molecule has 0 atom stereocenters. The minimum absolute atomic E-state index is 2.70. The van der Waals surface area contributed by atoms with Gasteiger partial charge in [0.25, 0.3) is 0 Å². The fraction of sp³-hybridized carbons (Fsp3) is 0.786. The first-order valence-electron chi connectivity index (χ1n) is 16.5. The number of alkyl halides is 50. The smallest absolute Gasteiger partial charge is 0.244 e. The molecule has 0 aliphatic heterocycles. The van der Waals surface area contributed by atoms with Gasteiger partial charge in [-0.15, -0.1) is 0 Å². The van der Waals surface area contributed by atoms with Gasteiger partial charge in [-0.2, -0.15) is 193 Å². The van der Waals surface area contributed by atoms with E-state index >= 15 is 0 Å². The first-order valence-corrected chi connectivity index (χ1v) is 16.5. The van der Waals surface area contributed by atoms with Crippen LogP contribution in [0.25, 0.3) is 0 Å². The molecule has 0 saturated heterocycles. The largest absolute Gasteiger partial charge is 0.456 e. The predicted octanol–water partition coefficient (Wildman–Crippen LogP) is 19.1. The van der Waals surface area contributed by atoms with Crippen molar-refractivity contribution < 1.29 is 228 Å². The second-order valence-corrected chi connectivity index (χ2v) is 13.6. The summed E-state index contributed by atoms with van der Waals surface area (Å²) >= 11 is 0. The predicted molar refractivity (Wildman–Crippen MR) is 143 cm³/mol. The number of rotatable bonds is 8. The highest BCUT2D eigenvalue weighted by molar-refractivity contribution is 5.45. The SMILES string of the molecule is F/C(=C(\CC(=C(C(F)(C(F)(F)F)C(F)(F)F)C(F)(C(F)(F)F)C(F)(F)F)C(F)(F)F)C(F)(F)F)C(F)(C(F)(F)F)C(F)(F)F.FC(=C(C(F)(C(F)(F)F)C(F)(F)F)C(F)(C(F)(F)F)C(F)(F)F)C(F)(F)F.FCC(F)(F)C(F)(F)F. The third kappa shape index (κ3) is 14.8. The Labute approximate surface area is 397 Å². The minimum Gasteiger partial charge on any atom is -0.244 e. The van der Waals surface area contributed by atoms with Crippen LogP contribution in [0.5, 0.6) is 0 Å². The number of hydrogen-bond acceptors (Lipinski definition) is 0. The molecule has 0 saturated carbocycles. The molecule has 0 nitrogen and oxygen atoms in total. The van der Waals surface area contributed by atoms with Crippen LogP contribution in [0.15, 0.2) is 33.9 Å². The molecule has 0 aromatic rings. The minimum atomic E-state index is -9.14. The molecule has 52 heteroatoms. The van der Waals surface area contributed by atoms with Gasteiger partial charge in [0.05, 0.1) is 11.1 Å². The van der Waals surface area contributed by atoms with Crippen molar-refractivity contribution in [3.05, 3.63) is 33.9 Å². The fourth-order valence-electron chi connectivity index (χ4n) is 4.61. The lowest BCUT2D eigenvalue weighted by Gasteiger charge is -2.42. The van der Waals surface area contributed by atoms with E-state index in [0.29, 0.717) is 0 Å². The van der Waals surface area contributed by atoms with Gasteiger partial charge in [-0.05, 0) is 0 Å². The Morgan fingerprint density at radius 2 is 0.388 bits per heavy atom.